The third kappa shape index (κ3) is 4.24. The molecule has 0 unspecified atom stereocenters. The Morgan fingerprint density at radius 1 is 1.42 bits per heavy atom. The first-order valence-electron chi connectivity index (χ1n) is 8.68. The lowest BCUT2D eigenvalue weighted by Gasteiger charge is -2.33. The molecule has 1 aliphatic rings. The number of amides is 1. The number of hydrogen-bond acceptors (Lipinski definition) is 5. The normalized spacial score (nSPS) is 17.2. The van der Waals surface area contributed by atoms with Gasteiger partial charge < -0.3 is 15.0 Å². The van der Waals surface area contributed by atoms with Crippen LogP contribution in [0.3, 0.4) is 0 Å². The smallest absolute Gasteiger partial charge is 0.409 e. The molecule has 1 N–H and O–H groups in total. The molecule has 5 nitrogen and oxygen atoms in total. The Balaban J connectivity index is 1.47. The van der Waals surface area contributed by atoms with Crippen LogP contribution in [0.15, 0.2) is 24.3 Å². The van der Waals surface area contributed by atoms with Crippen molar-refractivity contribution in [2.75, 3.05) is 19.7 Å². The average molecular weight is 347 g/mol. The fourth-order valence-corrected chi connectivity index (χ4v) is 4.27. The molecule has 2 aromatic rings. The van der Waals surface area contributed by atoms with E-state index in [2.05, 4.69) is 30.4 Å². The number of carbonyl (C=O) groups is 1. The Labute approximate surface area is 147 Å². The van der Waals surface area contributed by atoms with Crippen LogP contribution in [0.1, 0.15) is 31.7 Å². The second-order valence-corrected chi connectivity index (χ2v) is 7.42. The SMILES string of the molecule is CCOC(=O)N1CCC(N[C@@H](C)Cc2nc3ccccc3s2)CC1. The first kappa shape index (κ1) is 17.2. The minimum Gasteiger partial charge on any atom is -0.450 e. The summed E-state index contributed by atoms with van der Waals surface area (Å²) in [7, 11) is 0. The fourth-order valence-electron chi connectivity index (χ4n) is 3.17. The molecule has 0 radical (unpaired) electrons. The van der Waals surface area contributed by atoms with Crippen molar-refractivity contribution in [3.8, 4) is 0 Å². The Hall–Kier alpha value is -1.66. The molecule has 0 saturated carbocycles. The van der Waals surface area contributed by atoms with E-state index in [1.165, 1.54) is 9.71 Å². The number of piperidine rings is 1. The Bertz CT molecular complexity index is 647. The van der Waals surface area contributed by atoms with E-state index in [0.29, 0.717) is 18.7 Å². The van der Waals surface area contributed by atoms with E-state index in [9.17, 15) is 4.79 Å². The van der Waals surface area contributed by atoms with Crippen molar-refractivity contribution in [3.63, 3.8) is 0 Å². The molecule has 3 rings (SSSR count). The summed E-state index contributed by atoms with van der Waals surface area (Å²) in [4.78, 5) is 18.2. The predicted octanol–water partition coefficient (Wildman–Crippen LogP) is 3.44. The topological polar surface area (TPSA) is 54.5 Å². The molecule has 130 valence electrons. The number of benzene rings is 1. The van der Waals surface area contributed by atoms with Crippen LogP contribution in [-0.2, 0) is 11.2 Å². The van der Waals surface area contributed by atoms with Crippen LogP contribution in [0, 0.1) is 0 Å². The molecule has 1 aromatic carbocycles. The number of likely N-dealkylation sites (tertiary alicyclic amines) is 1. The number of carbonyl (C=O) groups excluding carboxylic acids is 1. The number of nitrogens with one attached hydrogen (secondary N) is 1. The first-order chi connectivity index (χ1) is 11.7. The van der Waals surface area contributed by atoms with Gasteiger partial charge in [-0.3, -0.25) is 0 Å². The highest BCUT2D eigenvalue weighted by Gasteiger charge is 2.24. The van der Waals surface area contributed by atoms with Crippen LogP contribution in [0.25, 0.3) is 10.2 Å². The van der Waals surface area contributed by atoms with Crippen molar-refractivity contribution in [3.05, 3.63) is 29.3 Å². The molecule has 1 aliphatic heterocycles. The van der Waals surface area contributed by atoms with E-state index in [-0.39, 0.29) is 6.09 Å². The van der Waals surface area contributed by atoms with Gasteiger partial charge in [0.2, 0.25) is 0 Å². The highest BCUT2D eigenvalue weighted by Crippen LogP contribution is 2.22. The van der Waals surface area contributed by atoms with E-state index in [4.69, 9.17) is 9.72 Å². The lowest BCUT2D eigenvalue weighted by Crippen LogP contribution is -2.47. The Morgan fingerprint density at radius 3 is 2.88 bits per heavy atom. The Kier molecular flexibility index (Phi) is 5.68. The first-order valence-corrected chi connectivity index (χ1v) is 9.49. The molecule has 2 heterocycles. The Morgan fingerprint density at radius 2 is 2.17 bits per heavy atom. The van der Waals surface area contributed by atoms with Crippen molar-refractivity contribution < 1.29 is 9.53 Å². The third-order valence-electron chi connectivity index (χ3n) is 4.36. The van der Waals surface area contributed by atoms with Gasteiger partial charge in [0.05, 0.1) is 21.8 Å². The van der Waals surface area contributed by atoms with E-state index >= 15 is 0 Å². The third-order valence-corrected chi connectivity index (χ3v) is 5.42. The van der Waals surface area contributed by atoms with E-state index in [0.717, 1.165) is 37.9 Å². The number of fused-ring (bicyclic) bond motifs is 1. The fraction of sp³-hybridized carbons (Fsp3) is 0.556. The number of thiazole rings is 1. The van der Waals surface area contributed by atoms with Crippen LogP contribution < -0.4 is 5.32 Å². The summed E-state index contributed by atoms with van der Waals surface area (Å²) in [6.45, 7) is 6.03. The molecule has 1 amide bonds. The zero-order valence-electron chi connectivity index (χ0n) is 14.3. The van der Waals surface area contributed by atoms with Crippen LogP contribution in [0.5, 0.6) is 0 Å². The maximum atomic E-state index is 11.7. The van der Waals surface area contributed by atoms with Gasteiger partial charge in [-0.05, 0) is 38.8 Å². The summed E-state index contributed by atoms with van der Waals surface area (Å²) in [6, 6.07) is 9.12. The quantitative estimate of drug-likeness (QED) is 0.900. The largest absolute Gasteiger partial charge is 0.450 e. The van der Waals surface area contributed by atoms with Crippen molar-refractivity contribution in [1.29, 1.82) is 0 Å². The lowest BCUT2D eigenvalue weighted by atomic mass is 10.0. The van der Waals surface area contributed by atoms with Gasteiger partial charge in [0.15, 0.2) is 0 Å². The zero-order valence-corrected chi connectivity index (χ0v) is 15.1. The van der Waals surface area contributed by atoms with Crippen molar-refractivity contribution in [2.45, 2.75) is 45.2 Å². The van der Waals surface area contributed by atoms with E-state index in [1.807, 2.05) is 13.0 Å². The van der Waals surface area contributed by atoms with Gasteiger partial charge in [-0.15, -0.1) is 11.3 Å². The van der Waals surface area contributed by atoms with Crippen LogP contribution in [0.2, 0.25) is 0 Å². The van der Waals surface area contributed by atoms with E-state index in [1.54, 1.807) is 16.2 Å². The maximum Gasteiger partial charge on any atom is 0.409 e. The number of ether oxygens (including phenoxy) is 1. The maximum absolute atomic E-state index is 11.7. The summed E-state index contributed by atoms with van der Waals surface area (Å²) in [5.74, 6) is 0. The molecule has 0 aliphatic carbocycles. The van der Waals surface area contributed by atoms with Gasteiger partial charge >= 0.3 is 6.09 Å². The molecule has 6 heteroatoms. The molecule has 24 heavy (non-hydrogen) atoms. The molecule has 1 saturated heterocycles. The van der Waals surface area contributed by atoms with Crippen LogP contribution in [0.4, 0.5) is 4.79 Å². The summed E-state index contributed by atoms with van der Waals surface area (Å²) in [5, 5.41) is 4.87. The second kappa shape index (κ2) is 7.94. The molecule has 0 spiro atoms. The summed E-state index contributed by atoms with van der Waals surface area (Å²) in [5.41, 5.74) is 1.09. The van der Waals surface area contributed by atoms with Crippen LogP contribution >= 0.6 is 11.3 Å². The van der Waals surface area contributed by atoms with Gasteiger partial charge in [0, 0.05) is 31.6 Å². The molecule has 1 fully saturated rings. The van der Waals surface area contributed by atoms with E-state index < -0.39 is 0 Å². The minimum atomic E-state index is -0.182. The lowest BCUT2D eigenvalue weighted by molar-refractivity contribution is 0.0944. The highest BCUT2D eigenvalue weighted by atomic mass is 32.1. The van der Waals surface area contributed by atoms with Crippen molar-refractivity contribution in [2.24, 2.45) is 0 Å². The zero-order chi connectivity index (χ0) is 16.9. The monoisotopic (exact) mass is 347 g/mol. The van der Waals surface area contributed by atoms with Crippen molar-refractivity contribution >= 4 is 27.6 Å². The molecular formula is C18H25N3O2S. The van der Waals surface area contributed by atoms with Crippen LogP contribution in [-0.4, -0.2) is 47.8 Å². The standard InChI is InChI=1S/C18H25N3O2S/c1-3-23-18(22)21-10-8-14(9-11-21)19-13(2)12-17-20-15-6-4-5-7-16(15)24-17/h4-7,13-14,19H,3,8-12H2,1-2H3/t13-/m0/s1. The molecular weight excluding hydrogens is 322 g/mol. The molecule has 1 atom stereocenters. The van der Waals surface area contributed by atoms with Gasteiger partial charge in [-0.25, -0.2) is 9.78 Å². The summed E-state index contributed by atoms with van der Waals surface area (Å²) in [6.07, 6.45) is 2.71. The number of rotatable bonds is 5. The number of nitrogens with zero attached hydrogens (tertiary/aromatic N) is 2. The predicted molar refractivity (Wildman–Crippen MR) is 97.5 cm³/mol. The number of aromatic nitrogens is 1. The van der Waals surface area contributed by atoms with Gasteiger partial charge in [0.25, 0.3) is 0 Å². The average Bonchev–Trinajstić information content (AvgIpc) is 2.97. The highest BCUT2D eigenvalue weighted by molar-refractivity contribution is 7.18. The molecule has 0 bridgehead atoms. The van der Waals surface area contributed by atoms with Gasteiger partial charge in [-0.2, -0.15) is 0 Å². The van der Waals surface area contributed by atoms with Crippen molar-refractivity contribution in [1.82, 2.24) is 15.2 Å². The number of hydrogen-bond donors (Lipinski definition) is 1. The minimum absolute atomic E-state index is 0.182. The van der Waals surface area contributed by atoms with Gasteiger partial charge in [0.1, 0.15) is 0 Å². The summed E-state index contributed by atoms with van der Waals surface area (Å²) >= 11 is 1.78. The summed E-state index contributed by atoms with van der Waals surface area (Å²) < 4.78 is 6.32. The second-order valence-electron chi connectivity index (χ2n) is 6.31. The number of para-hydroxylation sites is 1. The molecule has 1 aromatic heterocycles. The van der Waals surface area contributed by atoms with Gasteiger partial charge in [-0.1, -0.05) is 12.1 Å².